The van der Waals surface area contributed by atoms with Gasteiger partial charge in [0.15, 0.2) is 0 Å². The zero-order chi connectivity index (χ0) is 20.0. The monoisotopic (exact) mass is 387 g/mol. The molecule has 3 N–H and O–H groups in total. The second-order valence-electron chi connectivity index (χ2n) is 8.19. The first-order valence-corrected chi connectivity index (χ1v) is 10.2. The Balaban J connectivity index is 1.30. The molecule has 0 bridgehead atoms. The largest absolute Gasteiger partial charge is 0.393 e. The van der Waals surface area contributed by atoms with Gasteiger partial charge in [0, 0.05) is 23.3 Å². The lowest BCUT2D eigenvalue weighted by Crippen LogP contribution is -2.13. The van der Waals surface area contributed by atoms with Crippen molar-refractivity contribution in [2.24, 2.45) is 5.92 Å². The lowest BCUT2D eigenvalue weighted by atomic mass is 9.96. The molecule has 4 aromatic rings. The molecule has 3 atom stereocenters. The molecule has 1 saturated carbocycles. The number of hydrogen-bond acceptors (Lipinski definition) is 5. The number of pyridine rings is 1. The molecule has 1 aliphatic rings. The summed E-state index contributed by atoms with van der Waals surface area (Å²) >= 11 is 0. The number of nitrogen functional groups attached to an aromatic ring is 1. The third-order valence-electron chi connectivity index (χ3n) is 6.27. The van der Waals surface area contributed by atoms with E-state index in [1.54, 1.807) is 0 Å². The minimum atomic E-state index is -0.294. The Labute approximate surface area is 169 Å². The van der Waals surface area contributed by atoms with Crippen molar-refractivity contribution in [1.82, 2.24) is 19.5 Å². The van der Waals surface area contributed by atoms with Crippen molar-refractivity contribution < 1.29 is 5.11 Å². The molecule has 0 saturated heterocycles. The molecule has 1 aromatic carbocycles. The van der Waals surface area contributed by atoms with Gasteiger partial charge in [-0.05, 0) is 62.3 Å². The van der Waals surface area contributed by atoms with E-state index in [0.717, 1.165) is 47.9 Å². The predicted molar refractivity (Wildman–Crippen MR) is 115 cm³/mol. The summed E-state index contributed by atoms with van der Waals surface area (Å²) in [5.41, 5.74) is 10.2. The van der Waals surface area contributed by atoms with Crippen LogP contribution in [0, 0.1) is 12.8 Å². The van der Waals surface area contributed by atoms with E-state index in [9.17, 15) is 5.11 Å². The van der Waals surface area contributed by atoms with Crippen molar-refractivity contribution in [2.75, 3.05) is 5.73 Å². The van der Waals surface area contributed by atoms with Gasteiger partial charge in [-0.1, -0.05) is 18.2 Å². The van der Waals surface area contributed by atoms with Gasteiger partial charge in [-0.2, -0.15) is 0 Å². The van der Waals surface area contributed by atoms with E-state index >= 15 is 0 Å². The summed E-state index contributed by atoms with van der Waals surface area (Å²) in [5.74, 6) is 0.779. The van der Waals surface area contributed by atoms with Crippen molar-refractivity contribution in [3.05, 3.63) is 60.2 Å². The molecule has 3 heterocycles. The van der Waals surface area contributed by atoms with Crippen LogP contribution in [0.4, 0.5) is 5.82 Å². The number of aromatic nitrogens is 4. The Morgan fingerprint density at radius 1 is 1.14 bits per heavy atom. The van der Waals surface area contributed by atoms with Crippen LogP contribution in [0.15, 0.2) is 48.9 Å². The number of hydrogen-bond donors (Lipinski definition) is 2. The predicted octanol–water partition coefficient (Wildman–Crippen LogP) is 3.81. The van der Waals surface area contributed by atoms with E-state index in [1.165, 1.54) is 17.3 Å². The molecule has 1 fully saturated rings. The van der Waals surface area contributed by atoms with Crippen LogP contribution >= 0.6 is 0 Å². The maximum Gasteiger partial charge on any atom is 0.145 e. The van der Waals surface area contributed by atoms with Gasteiger partial charge < -0.3 is 15.4 Å². The molecule has 0 amide bonds. The van der Waals surface area contributed by atoms with Crippen LogP contribution in [0.3, 0.4) is 0 Å². The number of anilines is 1. The van der Waals surface area contributed by atoms with Crippen LogP contribution in [0.2, 0.25) is 0 Å². The highest BCUT2D eigenvalue weighted by Crippen LogP contribution is 2.39. The normalized spacial score (nSPS) is 21.9. The second kappa shape index (κ2) is 7.12. The maximum atomic E-state index is 10.7. The van der Waals surface area contributed by atoms with Crippen molar-refractivity contribution in [3.8, 4) is 0 Å². The Hall–Kier alpha value is -2.99. The standard InChI is InChI=1S/C23H25N5O/c1-14-2-5-16-6-3-15(10-20(16)27-14)4-7-17-11-18(12-21(17)29)28-9-8-19-22(24)25-13-26-23(19)28/h2-3,5-6,8-10,13,17-18,21,29H,4,7,11-12H2,1H3,(H2,24,25,26)/t17-,18+,21-/m0/s1. The summed E-state index contributed by atoms with van der Waals surface area (Å²) in [6.07, 6.45) is 6.83. The summed E-state index contributed by atoms with van der Waals surface area (Å²) in [6, 6.07) is 12.9. The van der Waals surface area contributed by atoms with Crippen molar-refractivity contribution >= 4 is 27.8 Å². The van der Waals surface area contributed by atoms with Gasteiger partial charge in [-0.25, -0.2) is 9.97 Å². The summed E-state index contributed by atoms with van der Waals surface area (Å²) in [6.45, 7) is 2.02. The van der Waals surface area contributed by atoms with E-state index < -0.39 is 0 Å². The van der Waals surface area contributed by atoms with Crippen LogP contribution in [-0.4, -0.2) is 30.7 Å². The summed E-state index contributed by atoms with van der Waals surface area (Å²) < 4.78 is 2.15. The summed E-state index contributed by atoms with van der Waals surface area (Å²) in [5, 5.41) is 12.7. The zero-order valence-corrected chi connectivity index (χ0v) is 16.5. The van der Waals surface area contributed by atoms with Gasteiger partial charge in [-0.3, -0.25) is 4.98 Å². The molecule has 5 rings (SSSR count). The average Bonchev–Trinajstić information content (AvgIpc) is 3.30. The molecule has 0 aliphatic heterocycles. The van der Waals surface area contributed by atoms with Crippen molar-refractivity contribution in [2.45, 2.75) is 44.8 Å². The van der Waals surface area contributed by atoms with Gasteiger partial charge in [0.25, 0.3) is 0 Å². The first-order chi connectivity index (χ1) is 14.1. The molecular weight excluding hydrogens is 362 g/mol. The number of aliphatic hydroxyl groups excluding tert-OH is 1. The number of nitrogens with zero attached hydrogens (tertiary/aromatic N) is 4. The average molecular weight is 387 g/mol. The molecule has 1 aliphatic carbocycles. The van der Waals surface area contributed by atoms with Gasteiger partial charge >= 0.3 is 0 Å². The molecule has 0 unspecified atom stereocenters. The molecule has 0 radical (unpaired) electrons. The van der Waals surface area contributed by atoms with Gasteiger partial charge in [0.2, 0.25) is 0 Å². The summed E-state index contributed by atoms with van der Waals surface area (Å²) in [7, 11) is 0. The van der Waals surface area contributed by atoms with Gasteiger partial charge in [-0.15, -0.1) is 0 Å². The molecule has 0 spiro atoms. The number of aliphatic hydroxyl groups is 1. The number of rotatable bonds is 4. The minimum absolute atomic E-state index is 0.239. The number of aryl methyl sites for hydroxylation is 2. The minimum Gasteiger partial charge on any atom is -0.393 e. The highest BCUT2D eigenvalue weighted by molar-refractivity contribution is 5.86. The van der Waals surface area contributed by atoms with Crippen LogP contribution in [0.25, 0.3) is 21.9 Å². The number of fused-ring (bicyclic) bond motifs is 2. The number of nitrogens with two attached hydrogens (primary N) is 1. The topological polar surface area (TPSA) is 89.9 Å². The molecule has 3 aromatic heterocycles. The highest BCUT2D eigenvalue weighted by atomic mass is 16.3. The first-order valence-electron chi connectivity index (χ1n) is 10.2. The maximum absolute atomic E-state index is 10.7. The zero-order valence-electron chi connectivity index (χ0n) is 16.5. The highest BCUT2D eigenvalue weighted by Gasteiger charge is 2.34. The van der Waals surface area contributed by atoms with E-state index in [1.807, 2.05) is 25.3 Å². The molecule has 29 heavy (non-hydrogen) atoms. The van der Waals surface area contributed by atoms with Crippen LogP contribution in [0.5, 0.6) is 0 Å². The van der Waals surface area contributed by atoms with Crippen molar-refractivity contribution in [1.29, 1.82) is 0 Å². The molecule has 6 nitrogen and oxygen atoms in total. The fourth-order valence-electron chi connectivity index (χ4n) is 4.67. The quantitative estimate of drug-likeness (QED) is 0.556. The van der Waals surface area contributed by atoms with Gasteiger partial charge in [0.1, 0.15) is 17.8 Å². The fraction of sp³-hybridized carbons (Fsp3) is 0.348. The fourth-order valence-corrected chi connectivity index (χ4v) is 4.67. The Morgan fingerprint density at radius 3 is 2.90 bits per heavy atom. The van der Waals surface area contributed by atoms with Crippen molar-refractivity contribution in [3.63, 3.8) is 0 Å². The smallest absolute Gasteiger partial charge is 0.145 e. The molecule has 6 heteroatoms. The third kappa shape index (κ3) is 3.34. The van der Waals surface area contributed by atoms with E-state index in [-0.39, 0.29) is 18.1 Å². The lowest BCUT2D eigenvalue weighted by molar-refractivity contribution is 0.127. The SMILES string of the molecule is Cc1ccc2ccc(CC[C@H]3C[C@@H](n4ccc5c(N)ncnc54)C[C@@H]3O)cc2n1. The Morgan fingerprint density at radius 2 is 2.00 bits per heavy atom. The van der Waals surface area contributed by atoms with E-state index in [0.29, 0.717) is 5.82 Å². The Bertz CT molecular complexity index is 1180. The van der Waals surface area contributed by atoms with Crippen LogP contribution < -0.4 is 5.73 Å². The first kappa shape index (κ1) is 18.1. The Kier molecular flexibility index (Phi) is 4.43. The third-order valence-corrected chi connectivity index (χ3v) is 6.27. The van der Waals surface area contributed by atoms with E-state index in [4.69, 9.17) is 5.73 Å². The molecular formula is C23H25N5O. The second-order valence-corrected chi connectivity index (χ2v) is 8.19. The van der Waals surface area contributed by atoms with Crippen LogP contribution in [0.1, 0.15) is 36.6 Å². The van der Waals surface area contributed by atoms with E-state index in [2.05, 4.69) is 43.8 Å². The van der Waals surface area contributed by atoms with Crippen LogP contribution in [-0.2, 0) is 6.42 Å². The summed E-state index contributed by atoms with van der Waals surface area (Å²) in [4.78, 5) is 13.1. The van der Waals surface area contributed by atoms with Gasteiger partial charge in [0.05, 0.1) is 17.0 Å². The number of benzene rings is 1. The lowest BCUT2D eigenvalue weighted by Gasteiger charge is -2.15. The molecule has 148 valence electrons.